The molecule has 0 fully saturated rings. The third-order valence-corrected chi connectivity index (χ3v) is 4.39. The van der Waals surface area contributed by atoms with E-state index in [1.165, 1.54) is 0 Å². The lowest BCUT2D eigenvalue weighted by Gasteiger charge is -2.13. The van der Waals surface area contributed by atoms with Crippen molar-refractivity contribution in [3.05, 3.63) is 85.8 Å². The molecule has 0 aliphatic rings. The number of hydrogen-bond acceptors (Lipinski definition) is 4. The Morgan fingerprint density at radius 3 is 2.74 bits per heavy atom. The van der Waals surface area contributed by atoms with Crippen LogP contribution in [-0.2, 0) is 12.8 Å². The minimum absolute atomic E-state index is 0.182. The maximum atomic E-state index is 11.5. The number of nitriles is 1. The van der Waals surface area contributed by atoms with Gasteiger partial charge in [-0.05, 0) is 54.8 Å². The molecule has 0 spiro atoms. The van der Waals surface area contributed by atoms with E-state index in [0.29, 0.717) is 34.1 Å². The molecule has 1 N–H and O–H groups in total. The van der Waals surface area contributed by atoms with Crippen molar-refractivity contribution >= 4 is 11.6 Å². The van der Waals surface area contributed by atoms with Crippen molar-refractivity contribution < 1.29 is 4.74 Å². The van der Waals surface area contributed by atoms with E-state index in [4.69, 9.17) is 21.6 Å². The number of H-pyrrole nitrogens is 1. The van der Waals surface area contributed by atoms with Gasteiger partial charge in [0.05, 0.1) is 17.3 Å². The van der Waals surface area contributed by atoms with Crippen LogP contribution in [0.4, 0.5) is 0 Å². The summed E-state index contributed by atoms with van der Waals surface area (Å²) in [5, 5.41) is 16.2. The maximum absolute atomic E-state index is 11.5. The number of nitrogens with zero attached hydrogens (tertiary/aromatic N) is 2. The van der Waals surface area contributed by atoms with Crippen LogP contribution in [-0.4, -0.2) is 10.2 Å². The number of nitrogens with one attached hydrogen (secondary N) is 1. The Labute approximate surface area is 162 Å². The second kappa shape index (κ2) is 8.07. The zero-order valence-electron chi connectivity index (χ0n) is 15.0. The molecule has 0 atom stereocenters. The fraction of sp³-hybridized carbons (Fsp3) is 0.190. The molecule has 6 heteroatoms. The normalized spacial score (nSPS) is 10.4. The molecule has 136 valence electrons. The molecule has 0 saturated heterocycles. The quantitative estimate of drug-likeness (QED) is 0.705. The molecule has 0 bridgehead atoms. The van der Waals surface area contributed by atoms with Gasteiger partial charge >= 0.3 is 0 Å². The van der Waals surface area contributed by atoms with Crippen molar-refractivity contribution in [2.75, 3.05) is 0 Å². The molecule has 2 aromatic carbocycles. The van der Waals surface area contributed by atoms with Crippen LogP contribution in [0.3, 0.4) is 0 Å². The Morgan fingerprint density at radius 2 is 2.04 bits per heavy atom. The average Bonchev–Trinajstić information content (AvgIpc) is 2.64. The lowest BCUT2D eigenvalue weighted by atomic mass is 10.0. The third kappa shape index (κ3) is 4.55. The summed E-state index contributed by atoms with van der Waals surface area (Å²) in [5.41, 5.74) is 3.71. The van der Waals surface area contributed by atoms with Crippen molar-refractivity contribution in [1.29, 1.82) is 5.26 Å². The van der Waals surface area contributed by atoms with Crippen LogP contribution < -0.4 is 10.3 Å². The minimum atomic E-state index is -0.182. The third-order valence-electron chi connectivity index (χ3n) is 4.17. The Balaban J connectivity index is 1.91. The highest BCUT2D eigenvalue weighted by Gasteiger charge is 2.09. The van der Waals surface area contributed by atoms with Crippen LogP contribution in [0.1, 0.15) is 34.9 Å². The highest BCUT2D eigenvalue weighted by Crippen LogP contribution is 2.30. The Morgan fingerprint density at radius 1 is 1.22 bits per heavy atom. The Hall–Kier alpha value is -3.10. The Kier molecular flexibility index (Phi) is 5.58. The number of hydrogen-bond donors (Lipinski definition) is 1. The molecule has 1 aromatic heterocycles. The molecule has 0 unspecified atom stereocenters. The first kappa shape index (κ1) is 18.7. The lowest BCUT2D eigenvalue weighted by molar-refractivity contribution is 0.476. The number of halogens is 1. The van der Waals surface area contributed by atoms with Crippen molar-refractivity contribution in [3.8, 4) is 17.6 Å². The van der Waals surface area contributed by atoms with Crippen LogP contribution in [0.5, 0.6) is 11.5 Å². The lowest BCUT2D eigenvalue weighted by Crippen LogP contribution is -2.12. The second-order valence-electron chi connectivity index (χ2n) is 6.23. The minimum Gasteiger partial charge on any atom is -0.457 e. The smallest absolute Gasteiger partial charge is 0.267 e. The largest absolute Gasteiger partial charge is 0.457 e. The van der Waals surface area contributed by atoms with Gasteiger partial charge in [0.1, 0.15) is 11.5 Å². The second-order valence-corrected chi connectivity index (χ2v) is 6.67. The monoisotopic (exact) mass is 379 g/mol. The summed E-state index contributed by atoms with van der Waals surface area (Å²) in [7, 11) is 0. The highest BCUT2D eigenvalue weighted by molar-refractivity contribution is 6.30. The topological polar surface area (TPSA) is 78.8 Å². The fourth-order valence-corrected chi connectivity index (χ4v) is 2.99. The van der Waals surface area contributed by atoms with Crippen LogP contribution >= 0.6 is 11.6 Å². The van der Waals surface area contributed by atoms with E-state index in [2.05, 4.69) is 16.3 Å². The number of rotatable bonds is 5. The van der Waals surface area contributed by atoms with E-state index in [-0.39, 0.29) is 5.56 Å². The molecule has 0 saturated carbocycles. The predicted octanol–water partition coefficient (Wildman–Crippen LogP) is 4.55. The molecule has 0 aliphatic heterocycles. The molecule has 27 heavy (non-hydrogen) atoms. The fourth-order valence-electron chi connectivity index (χ4n) is 2.77. The summed E-state index contributed by atoms with van der Waals surface area (Å²) in [6.45, 7) is 3.80. The van der Waals surface area contributed by atoms with Gasteiger partial charge in [-0.25, -0.2) is 5.10 Å². The van der Waals surface area contributed by atoms with E-state index in [1.54, 1.807) is 31.2 Å². The van der Waals surface area contributed by atoms with E-state index in [0.717, 1.165) is 23.2 Å². The molecule has 0 aliphatic carbocycles. The summed E-state index contributed by atoms with van der Waals surface area (Å²) in [6.07, 6.45) is 1.37. The van der Waals surface area contributed by atoms with Gasteiger partial charge in [0.2, 0.25) is 0 Å². The zero-order chi connectivity index (χ0) is 19.4. The predicted molar refractivity (Wildman–Crippen MR) is 104 cm³/mol. The maximum Gasteiger partial charge on any atom is 0.267 e. The first-order valence-corrected chi connectivity index (χ1v) is 8.92. The van der Waals surface area contributed by atoms with E-state index in [9.17, 15) is 4.79 Å². The highest BCUT2D eigenvalue weighted by atomic mass is 35.5. The summed E-state index contributed by atoms with van der Waals surface area (Å²) in [4.78, 5) is 11.5. The van der Waals surface area contributed by atoms with Gasteiger partial charge in [-0.1, -0.05) is 30.7 Å². The molecular formula is C21H18ClN3O2. The van der Waals surface area contributed by atoms with Gasteiger partial charge in [-0.2, -0.15) is 10.4 Å². The van der Waals surface area contributed by atoms with Crippen molar-refractivity contribution in [3.63, 3.8) is 0 Å². The van der Waals surface area contributed by atoms with Crippen LogP contribution in [0.25, 0.3) is 0 Å². The molecule has 3 rings (SSSR count). The molecule has 5 nitrogen and oxygen atoms in total. The van der Waals surface area contributed by atoms with Gasteiger partial charge in [0.25, 0.3) is 5.56 Å². The Bertz CT molecular complexity index is 1080. The van der Waals surface area contributed by atoms with Crippen molar-refractivity contribution in [2.24, 2.45) is 0 Å². The van der Waals surface area contributed by atoms with E-state index < -0.39 is 0 Å². The molecule has 0 amide bonds. The number of aryl methyl sites for hydroxylation is 2. The molecule has 0 radical (unpaired) electrons. The molecule has 1 heterocycles. The standard InChI is InChI=1S/C21H18ClN3O2/c1-3-16-5-4-14(8-18-6-13(2)21(26)25-24-18)10-20(16)27-19-9-15(12-23)7-17(22)11-19/h4-7,9-11H,3,8H2,1-2H3,(H,25,26). The van der Waals surface area contributed by atoms with Gasteiger partial charge in [0.15, 0.2) is 0 Å². The van der Waals surface area contributed by atoms with Crippen molar-refractivity contribution in [2.45, 2.75) is 26.7 Å². The van der Waals surface area contributed by atoms with Crippen LogP contribution in [0, 0.1) is 18.3 Å². The number of aromatic nitrogens is 2. The number of aromatic amines is 1. The molecule has 3 aromatic rings. The van der Waals surface area contributed by atoms with E-state index in [1.807, 2.05) is 25.1 Å². The first-order valence-electron chi connectivity index (χ1n) is 8.54. The summed E-state index contributed by atoms with van der Waals surface area (Å²) >= 11 is 6.07. The van der Waals surface area contributed by atoms with Gasteiger partial charge in [-0.15, -0.1) is 0 Å². The van der Waals surface area contributed by atoms with Gasteiger partial charge in [-0.3, -0.25) is 4.79 Å². The summed E-state index contributed by atoms with van der Waals surface area (Å²) < 4.78 is 6.03. The van der Waals surface area contributed by atoms with Crippen LogP contribution in [0.15, 0.2) is 47.3 Å². The first-order chi connectivity index (χ1) is 13.0. The molecular weight excluding hydrogens is 362 g/mol. The number of ether oxygens (including phenoxy) is 1. The average molecular weight is 380 g/mol. The van der Waals surface area contributed by atoms with Crippen molar-refractivity contribution in [1.82, 2.24) is 10.2 Å². The summed E-state index contributed by atoms with van der Waals surface area (Å²) in [6, 6.07) is 14.8. The number of benzene rings is 2. The van der Waals surface area contributed by atoms with Crippen LogP contribution in [0.2, 0.25) is 5.02 Å². The van der Waals surface area contributed by atoms with E-state index >= 15 is 0 Å². The zero-order valence-corrected chi connectivity index (χ0v) is 15.8. The summed E-state index contributed by atoms with van der Waals surface area (Å²) in [5.74, 6) is 1.23. The van der Waals surface area contributed by atoms with Gasteiger partial charge < -0.3 is 4.74 Å². The SMILES string of the molecule is CCc1ccc(Cc2cc(C)c(=O)[nH]n2)cc1Oc1cc(Cl)cc(C#N)c1. The van der Waals surface area contributed by atoms with Gasteiger partial charge in [0, 0.05) is 17.0 Å².